The highest BCUT2D eigenvalue weighted by atomic mass is 16.4. The Hall–Kier alpha value is -0.570. The predicted molar refractivity (Wildman–Crippen MR) is 49.5 cm³/mol. The molecule has 2 fully saturated rings. The Labute approximate surface area is 78.7 Å². The van der Waals surface area contributed by atoms with Crippen molar-refractivity contribution in [1.29, 1.82) is 0 Å². The third-order valence-electron chi connectivity index (χ3n) is 3.45. The fourth-order valence-electron chi connectivity index (χ4n) is 2.63. The summed E-state index contributed by atoms with van der Waals surface area (Å²) in [4.78, 5) is 13.2. The number of nitrogens with zero attached hydrogens (tertiary/aromatic N) is 1. The van der Waals surface area contributed by atoms with Gasteiger partial charge in [-0.2, -0.15) is 0 Å². The van der Waals surface area contributed by atoms with Crippen LogP contribution in [-0.4, -0.2) is 34.1 Å². The lowest BCUT2D eigenvalue weighted by Crippen LogP contribution is -2.37. The lowest BCUT2D eigenvalue weighted by Gasteiger charge is -2.27. The molecule has 3 heteroatoms. The van der Waals surface area contributed by atoms with Gasteiger partial charge in [-0.15, -0.1) is 0 Å². The van der Waals surface area contributed by atoms with Crippen LogP contribution in [0.4, 0.5) is 0 Å². The van der Waals surface area contributed by atoms with Crippen molar-refractivity contribution in [3.8, 4) is 0 Å². The molecule has 2 aliphatic rings. The maximum atomic E-state index is 10.9. The molecule has 0 aromatic carbocycles. The normalized spacial score (nSPS) is 31.5. The average Bonchev–Trinajstić information content (AvgIpc) is 2.61. The maximum absolute atomic E-state index is 10.9. The molecule has 0 amide bonds. The van der Waals surface area contributed by atoms with Gasteiger partial charge >= 0.3 is 5.97 Å². The Morgan fingerprint density at radius 2 is 2.15 bits per heavy atom. The van der Waals surface area contributed by atoms with Gasteiger partial charge in [-0.1, -0.05) is 0 Å². The number of rotatable bonds is 2. The standard InChI is InChI=1S/C10H17NO2/c1-7(2)11-6-8(9(12)13)5-10(11)3-4-10/h7-8H,3-6H2,1-2H3,(H,12,13). The van der Waals surface area contributed by atoms with Gasteiger partial charge in [-0.25, -0.2) is 0 Å². The van der Waals surface area contributed by atoms with Gasteiger partial charge in [0.05, 0.1) is 5.92 Å². The first-order valence-electron chi connectivity index (χ1n) is 5.05. The van der Waals surface area contributed by atoms with E-state index in [0.717, 1.165) is 13.0 Å². The first kappa shape index (κ1) is 9.00. The number of aliphatic carboxylic acids is 1. The molecule has 1 atom stereocenters. The molecule has 1 N–H and O–H groups in total. The summed E-state index contributed by atoms with van der Waals surface area (Å²) in [5.41, 5.74) is 0.289. The molecule has 0 radical (unpaired) electrons. The van der Waals surface area contributed by atoms with Crippen LogP contribution < -0.4 is 0 Å². The van der Waals surface area contributed by atoms with Crippen LogP contribution in [0.25, 0.3) is 0 Å². The van der Waals surface area contributed by atoms with E-state index in [1.54, 1.807) is 0 Å². The number of carbonyl (C=O) groups is 1. The third kappa shape index (κ3) is 1.35. The highest BCUT2D eigenvalue weighted by Gasteiger charge is 2.56. The van der Waals surface area contributed by atoms with E-state index in [0.29, 0.717) is 6.04 Å². The van der Waals surface area contributed by atoms with Crippen molar-refractivity contribution in [2.75, 3.05) is 6.54 Å². The van der Waals surface area contributed by atoms with Gasteiger partial charge in [-0.3, -0.25) is 9.69 Å². The number of hydrogen-bond acceptors (Lipinski definition) is 2. The predicted octanol–water partition coefficient (Wildman–Crippen LogP) is 1.33. The highest BCUT2D eigenvalue weighted by Crippen LogP contribution is 2.52. The van der Waals surface area contributed by atoms with Crippen LogP contribution >= 0.6 is 0 Å². The van der Waals surface area contributed by atoms with Gasteiger partial charge < -0.3 is 5.11 Å². The molecular formula is C10H17NO2. The third-order valence-corrected chi connectivity index (χ3v) is 3.45. The summed E-state index contributed by atoms with van der Waals surface area (Å²) in [6.07, 6.45) is 3.28. The zero-order chi connectivity index (χ0) is 9.64. The second-order valence-corrected chi connectivity index (χ2v) is 4.71. The van der Waals surface area contributed by atoms with E-state index in [-0.39, 0.29) is 11.5 Å². The molecule has 3 nitrogen and oxygen atoms in total. The van der Waals surface area contributed by atoms with Crippen molar-refractivity contribution in [2.24, 2.45) is 5.92 Å². The summed E-state index contributed by atoms with van der Waals surface area (Å²) in [6.45, 7) is 5.07. The highest BCUT2D eigenvalue weighted by molar-refractivity contribution is 5.71. The smallest absolute Gasteiger partial charge is 0.307 e. The fourth-order valence-corrected chi connectivity index (χ4v) is 2.63. The van der Waals surface area contributed by atoms with Crippen molar-refractivity contribution in [3.05, 3.63) is 0 Å². The van der Waals surface area contributed by atoms with Crippen LogP contribution in [0.15, 0.2) is 0 Å². The molecular weight excluding hydrogens is 166 g/mol. The second kappa shape index (κ2) is 2.71. The molecule has 1 heterocycles. The van der Waals surface area contributed by atoms with E-state index < -0.39 is 5.97 Å². The summed E-state index contributed by atoms with van der Waals surface area (Å²) in [5, 5.41) is 8.95. The number of likely N-dealkylation sites (tertiary alicyclic amines) is 1. The lowest BCUT2D eigenvalue weighted by atomic mass is 10.1. The Kier molecular flexibility index (Phi) is 1.88. The van der Waals surface area contributed by atoms with Crippen LogP contribution in [0.5, 0.6) is 0 Å². The monoisotopic (exact) mass is 183 g/mol. The van der Waals surface area contributed by atoms with Crippen molar-refractivity contribution in [1.82, 2.24) is 4.90 Å². The lowest BCUT2D eigenvalue weighted by molar-refractivity contribution is -0.141. The van der Waals surface area contributed by atoms with Gasteiger partial charge in [0.2, 0.25) is 0 Å². The molecule has 13 heavy (non-hydrogen) atoms. The number of carboxylic acid groups (broad SMARTS) is 1. The van der Waals surface area contributed by atoms with Gasteiger partial charge in [0, 0.05) is 18.1 Å². The van der Waals surface area contributed by atoms with Crippen LogP contribution in [0, 0.1) is 5.92 Å². The Morgan fingerprint density at radius 3 is 2.46 bits per heavy atom. The SMILES string of the molecule is CC(C)N1CC(C(=O)O)CC12CC2. The van der Waals surface area contributed by atoms with Gasteiger partial charge in [0.25, 0.3) is 0 Å². The van der Waals surface area contributed by atoms with Gasteiger partial charge in [0.1, 0.15) is 0 Å². The van der Waals surface area contributed by atoms with E-state index in [1.165, 1.54) is 12.8 Å². The summed E-state index contributed by atoms with van der Waals surface area (Å²) >= 11 is 0. The molecule has 2 rings (SSSR count). The molecule has 1 aliphatic carbocycles. The molecule has 1 aliphatic heterocycles. The van der Waals surface area contributed by atoms with Crippen molar-refractivity contribution < 1.29 is 9.90 Å². The molecule has 1 saturated carbocycles. The summed E-state index contributed by atoms with van der Waals surface area (Å²) in [6, 6.07) is 0.492. The minimum absolute atomic E-state index is 0.120. The van der Waals surface area contributed by atoms with E-state index in [9.17, 15) is 4.79 Å². The Bertz CT molecular complexity index is 233. The van der Waals surface area contributed by atoms with E-state index >= 15 is 0 Å². The largest absolute Gasteiger partial charge is 0.481 e. The number of hydrogen-bond donors (Lipinski definition) is 1. The molecule has 0 aromatic heterocycles. The topological polar surface area (TPSA) is 40.5 Å². The Balaban J connectivity index is 2.10. The fraction of sp³-hybridized carbons (Fsp3) is 0.900. The van der Waals surface area contributed by atoms with E-state index in [2.05, 4.69) is 18.7 Å². The van der Waals surface area contributed by atoms with Crippen molar-refractivity contribution in [3.63, 3.8) is 0 Å². The first-order valence-corrected chi connectivity index (χ1v) is 5.05. The van der Waals surface area contributed by atoms with Crippen molar-refractivity contribution >= 4 is 5.97 Å². The van der Waals surface area contributed by atoms with Gasteiger partial charge in [0.15, 0.2) is 0 Å². The first-order chi connectivity index (χ1) is 6.05. The molecule has 1 unspecified atom stereocenters. The zero-order valence-electron chi connectivity index (χ0n) is 8.29. The maximum Gasteiger partial charge on any atom is 0.307 e. The van der Waals surface area contributed by atoms with E-state index in [1.807, 2.05) is 0 Å². The summed E-state index contributed by atoms with van der Waals surface area (Å²) < 4.78 is 0. The molecule has 1 saturated heterocycles. The quantitative estimate of drug-likeness (QED) is 0.702. The minimum atomic E-state index is -0.616. The van der Waals surface area contributed by atoms with Crippen LogP contribution in [0.1, 0.15) is 33.1 Å². The summed E-state index contributed by atoms with van der Waals surface area (Å²) in [7, 11) is 0. The molecule has 74 valence electrons. The van der Waals surface area contributed by atoms with Crippen LogP contribution in [0.2, 0.25) is 0 Å². The number of carboxylic acids is 1. The summed E-state index contributed by atoms with van der Waals surface area (Å²) in [5.74, 6) is -0.737. The Morgan fingerprint density at radius 1 is 1.54 bits per heavy atom. The zero-order valence-corrected chi connectivity index (χ0v) is 8.29. The van der Waals surface area contributed by atoms with Gasteiger partial charge in [-0.05, 0) is 33.1 Å². The molecule has 0 aromatic rings. The van der Waals surface area contributed by atoms with Crippen LogP contribution in [-0.2, 0) is 4.79 Å². The average molecular weight is 183 g/mol. The minimum Gasteiger partial charge on any atom is -0.481 e. The van der Waals surface area contributed by atoms with Crippen molar-refractivity contribution in [2.45, 2.75) is 44.7 Å². The van der Waals surface area contributed by atoms with E-state index in [4.69, 9.17) is 5.11 Å². The molecule has 0 bridgehead atoms. The molecule has 1 spiro atoms. The second-order valence-electron chi connectivity index (χ2n) is 4.71. The van der Waals surface area contributed by atoms with Crippen LogP contribution in [0.3, 0.4) is 0 Å².